The van der Waals surface area contributed by atoms with Crippen LogP contribution in [0.2, 0.25) is 0 Å². The third kappa shape index (κ3) is 2.69. The first-order chi connectivity index (χ1) is 7.29. The number of nitrogens with zero attached hydrogens (tertiary/aromatic N) is 1. The molecule has 1 atom stereocenters. The number of hydrogen-bond acceptors (Lipinski definition) is 3. The lowest BCUT2D eigenvalue weighted by atomic mass is 10.0. The summed E-state index contributed by atoms with van der Waals surface area (Å²) < 4.78 is 0. The second-order valence-electron chi connectivity index (χ2n) is 4.65. The molecule has 15 heavy (non-hydrogen) atoms. The van der Waals surface area contributed by atoms with Crippen molar-refractivity contribution in [3.8, 4) is 0 Å². The van der Waals surface area contributed by atoms with Crippen LogP contribution < -0.4 is 10.6 Å². The van der Waals surface area contributed by atoms with E-state index in [9.17, 15) is 4.79 Å². The van der Waals surface area contributed by atoms with Gasteiger partial charge >= 0.3 is 0 Å². The molecule has 0 aromatic heterocycles. The Bertz CT molecular complexity index is 228. The molecular weight excluding hydrogens is 190 g/mol. The lowest BCUT2D eigenvalue weighted by Gasteiger charge is -2.26. The highest BCUT2D eigenvalue weighted by atomic mass is 16.2. The van der Waals surface area contributed by atoms with Crippen LogP contribution >= 0.6 is 0 Å². The summed E-state index contributed by atoms with van der Waals surface area (Å²) in [5.74, 6) is 1.14. The van der Waals surface area contributed by atoms with Gasteiger partial charge in [-0.05, 0) is 25.4 Å². The van der Waals surface area contributed by atoms with E-state index in [0.717, 1.165) is 32.7 Å². The zero-order valence-electron chi connectivity index (χ0n) is 9.46. The number of carbonyl (C=O) groups is 1. The van der Waals surface area contributed by atoms with Gasteiger partial charge in [0.1, 0.15) is 0 Å². The molecular formula is C11H21N3O. The number of nitrogens with one attached hydrogen (secondary N) is 2. The molecule has 4 heteroatoms. The van der Waals surface area contributed by atoms with E-state index in [4.69, 9.17) is 0 Å². The molecule has 1 amide bonds. The van der Waals surface area contributed by atoms with Crippen molar-refractivity contribution in [1.29, 1.82) is 0 Å². The van der Waals surface area contributed by atoms with Crippen molar-refractivity contribution in [3.05, 3.63) is 0 Å². The number of amides is 1. The van der Waals surface area contributed by atoms with Gasteiger partial charge in [0, 0.05) is 26.2 Å². The van der Waals surface area contributed by atoms with Crippen LogP contribution in [0.15, 0.2) is 0 Å². The highest BCUT2D eigenvalue weighted by Crippen LogP contribution is 2.14. The second kappa shape index (κ2) is 4.94. The summed E-state index contributed by atoms with van der Waals surface area (Å²) in [5, 5.41) is 6.18. The number of rotatable bonds is 4. The molecule has 0 radical (unpaired) electrons. The van der Waals surface area contributed by atoms with Crippen molar-refractivity contribution >= 4 is 5.91 Å². The molecule has 2 saturated heterocycles. The molecule has 2 aliphatic heterocycles. The standard InChI is InChI=1S/C11H21N3O/c1-2-14-4-3-9(8-14)5-13-11(15)10-6-12-7-10/h9-10,12H,2-8H2,1H3,(H,13,15). The molecule has 2 heterocycles. The van der Waals surface area contributed by atoms with E-state index in [1.807, 2.05) is 0 Å². The van der Waals surface area contributed by atoms with E-state index < -0.39 is 0 Å². The predicted octanol–water partition coefficient (Wildman–Crippen LogP) is -0.336. The fourth-order valence-electron chi connectivity index (χ4n) is 2.23. The Labute approximate surface area is 91.4 Å². The maximum absolute atomic E-state index is 11.6. The first-order valence-corrected chi connectivity index (χ1v) is 6.00. The summed E-state index contributed by atoms with van der Waals surface area (Å²) in [7, 11) is 0. The zero-order valence-corrected chi connectivity index (χ0v) is 9.46. The molecule has 1 unspecified atom stereocenters. The topological polar surface area (TPSA) is 44.4 Å². The molecule has 86 valence electrons. The van der Waals surface area contributed by atoms with Crippen molar-refractivity contribution in [2.24, 2.45) is 11.8 Å². The Morgan fingerprint density at radius 3 is 2.87 bits per heavy atom. The van der Waals surface area contributed by atoms with Crippen LogP contribution in [-0.2, 0) is 4.79 Å². The number of hydrogen-bond donors (Lipinski definition) is 2. The first kappa shape index (κ1) is 10.9. The lowest BCUT2D eigenvalue weighted by Crippen LogP contribution is -2.51. The van der Waals surface area contributed by atoms with Gasteiger partial charge in [-0.3, -0.25) is 4.79 Å². The molecule has 0 aliphatic carbocycles. The zero-order chi connectivity index (χ0) is 10.7. The molecule has 4 nitrogen and oxygen atoms in total. The quantitative estimate of drug-likeness (QED) is 0.669. The van der Waals surface area contributed by atoms with E-state index in [1.54, 1.807) is 0 Å². The second-order valence-corrected chi connectivity index (χ2v) is 4.65. The van der Waals surface area contributed by atoms with E-state index in [1.165, 1.54) is 13.0 Å². The van der Waals surface area contributed by atoms with Crippen molar-refractivity contribution in [1.82, 2.24) is 15.5 Å². The Balaban J connectivity index is 1.63. The van der Waals surface area contributed by atoms with E-state index in [-0.39, 0.29) is 11.8 Å². The van der Waals surface area contributed by atoms with E-state index >= 15 is 0 Å². The Morgan fingerprint density at radius 1 is 1.53 bits per heavy atom. The van der Waals surface area contributed by atoms with Crippen LogP contribution in [0.4, 0.5) is 0 Å². The van der Waals surface area contributed by atoms with Crippen LogP contribution in [0.25, 0.3) is 0 Å². The molecule has 2 N–H and O–H groups in total. The maximum Gasteiger partial charge on any atom is 0.225 e. The number of carbonyl (C=O) groups excluding carboxylic acids is 1. The Morgan fingerprint density at radius 2 is 2.33 bits per heavy atom. The third-order valence-corrected chi connectivity index (χ3v) is 3.53. The van der Waals surface area contributed by atoms with Crippen LogP contribution in [0.3, 0.4) is 0 Å². The van der Waals surface area contributed by atoms with E-state index in [0.29, 0.717) is 5.92 Å². The fourth-order valence-corrected chi connectivity index (χ4v) is 2.23. The molecule has 0 bridgehead atoms. The van der Waals surface area contributed by atoms with Gasteiger partial charge in [-0.25, -0.2) is 0 Å². The van der Waals surface area contributed by atoms with Crippen molar-refractivity contribution in [3.63, 3.8) is 0 Å². The van der Waals surface area contributed by atoms with Gasteiger partial charge in [-0.2, -0.15) is 0 Å². The van der Waals surface area contributed by atoms with Gasteiger partial charge in [0.25, 0.3) is 0 Å². The third-order valence-electron chi connectivity index (χ3n) is 3.53. The molecule has 0 aromatic rings. The monoisotopic (exact) mass is 211 g/mol. The average molecular weight is 211 g/mol. The Hall–Kier alpha value is -0.610. The van der Waals surface area contributed by atoms with Crippen molar-refractivity contribution in [2.75, 3.05) is 39.3 Å². The molecule has 0 aromatic carbocycles. The van der Waals surface area contributed by atoms with Crippen LogP contribution in [0.1, 0.15) is 13.3 Å². The fraction of sp³-hybridized carbons (Fsp3) is 0.909. The normalized spacial score (nSPS) is 27.7. The SMILES string of the molecule is CCN1CCC(CNC(=O)C2CNC2)C1. The summed E-state index contributed by atoms with van der Waals surface area (Å²) in [6.07, 6.45) is 1.23. The van der Waals surface area contributed by atoms with Gasteiger partial charge in [-0.1, -0.05) is 6.92 Å². The van der Waals surface area contributed by atoms with Crippen LogP contribution in [0, 0.1) is 11.8 Å². The first-order valence-electron chi connectivity index (χ1n) is 6.00. The van der Waals surface area contributed by atoms with Gasteiger partial charge in [-0.15, -0.1) is 0 Å². The average Bonchev–Trinajstić information content (AvgIpc) is 2.59. The molecule has 0 saturated carbocycles. The minimum atomic E-state index is 0.230. The van der Waals surface area contributed by atoms with Crippen LogP contribution in [0.5, 0.6) is 0 Å². The Kier molecular flexibility index (Phi) is 3.59. The molecule has 2 aliphatic rings. The van der Waals surface area contributed by atoms with Crippen LogP contribution in [-0.4, -0.2) is 50.1 Å². The summed E-state index contributed by atoms with van der Waals surface area (Å²) >= 11 is 0. The minimum absolute atomic E-state index is 0.230. The minimum Gasteiger partial charge on any atom is -0.355 e. The van der Waals surface area contributed by atoms with Crippen molar-refractivity contribution < 1.29 is 4.79 Å². The maximum atomic E-state index is 11.6. The van der Waals surface area contributed by atoms with Gasteiger partial charge < -0.3 is 15.5 Å². The smallest absolute Gasteiger partial charge is 0.225 e. The number of likely N-dealkylation sites (tertiary alicyclic amines) is 1. The predicted molar refractivity (Wildman–Crippen MR) is 59.6 cm³/mol. The van der Waals surface area contributed by atoms with Gasteiger partial charge in [0.2, 0.25) is 5.91 Å². The van der Waals surface area contributed by atoms with Crippen molar-refractivity contribution in [2.45, 2.75) is 13.3 Å². The summed E-state index contributed by atoms with van der Waals surface area (Å²) in [6, 6.07) is 0. The highest BCUT2D eigenvalue weighted by Gasteiger charge is 2.26. The summed E-state index contributed by atoms with van der Waals surface area (Å²) in [6.45, 7) is 8.26. The van der Waals surface area contributed by atoms with E-state index in [2.05, 4.69) is 22.5 Å². The van der Waals surface area contributed by atoms with Gasteiger partial charge in [0.05, 0.1) is 5.92 Å². The lowest BCUT2D eigenvalue weighted by molar-refractivity contribution is -0.126. The molecule has 2 fully saturated rings. The summed E-state index contributed by atoms with van der Waals surface area (Å²) in [5.41, 5.74) is 0. The largest absolute Gasteiger partial charge is 0.355 e. The highest BCUT2D eigenvalue weighted by molar-refractivity contribution is 5.79. The summed E-state index contributed by atoms with van der Waals surface area (Å²) in [4.78, 5) is 14.0. The van der Waals surface area contributed by atoms with Gasteiger partial charge in [0.15, 0.2) is 0 Å². The molecule has 2 rings (SSSR count). The molecule has 0 spiro atoms.